The monoisotopic (exact) mass is 483 g/mol. The van der Waals surface area contributed by atoms with Crippen LogP contribution in [0.15, 0.2) is 79.1 Å². The Morgan fingerprint density at radius 2 is 1.61 bits per heavy atom. The zero-order valence-corrected chi connectivity index (χ0v) is 21.1. The van der Waals surface area contributed by atoms with Crippen LogP contribution < -0.4 is 4.74 Å². The van der Waals surface area contributed by atoms with Crippen LogP contribution in [0.4, 0.5) is 0 Å². The van der Waals surface area contributed by atoms with Gasteiger partial charge in [0.1, 0.15) is 12.4 Å². The van der Waals surface area contributed by atoms with Crippen LogP contribution in [0.2, 0.25) is 0 Å². The van der Waals surface area contributed by atoms with E-state index in [0.717, 1.165) is 63.3 Å². The third-order valence-corrected chi connectivity index (χ3v) is 7.89. The summed E-state index contributed by atoms with van der Waals surface area (Å²) in [5.41, 5.74) is 3.62. The van der Waals surface area contributed by atoms with Gasteiger partial charge in [0, 0.05) is 50.7 Å². The van der Waals surface area contributed by atoms with Crippen molar-refractivity contribution in [3.8, 4) is 5.75 Å². The standard InChI is InChI=1S/C31H37N3O2/c35-30(28-13-18-32-19-14-28)34-20-16-31(17-21-34)15-7-6-11-27-10-4-5-12-29(27)36-23-22-33(25-31)24-26-8-2-1-3-9-26/h1-5,8-10,12-14,18-19H,6-7,11,15-17,20-25H2. The molecule has 3 aromatic rings. The van der Waals surface area contributed by atoms with Crippen molar-refractivity contribution in [2.24, 2.45) is 5.41 Å². The van der Waals surface area contributed by atoms with E-state index in [4.69, 9.17) is 4.74 Å². The van der Waals surface area contributed by atoms with E-state index in [-0.39, 0.29) is 11.3 Å². The predicted molar refractivity (Wildman–Crippen MR) is 143 cm³/mol. The van der Waals surface area contributed by atoms with Crippen LogP contribution in [0.1, 0.15) is 53.6 Å². The molecular weight excluding hydrogens is 446 g/mol. The van der Waals surface area contributed by atoms with E-state index >= 15 is 0 Å². The van der Waals surface area contributed by atoms with E-state index in [1.54, 1.807) is 12.4 Å². The molecule has 2 aliphatic heterocycles. The van der Waals surface area contributed by atoms with Crippen molar-refractivity contribution in [1.82, 2.24) is 14.8 Å². The molecule has 0 atom stereocenters. The van der Waals surface area contributed by atoms with E-state index in [0.29, 0.717) is 6.61 Å². The fourth-order valence-corrected chi connectivity index (χ4v) is 5.83. The number of hydrogen-bond acceptors (Lipinski definition) is 4. The van der Waals surface area contributed by atoms with Gasteiger partial charge in [0.05, 0.1) is 0 Å². The number of rotatable bonds is 3. The number of hydrogen-bond donors (Lipinski definition) is 0. The third-order valence-electron chi connectivity index (χ3n) is 7.89. The molecule has 36 heavy (non-hydrogen) atoms. The van der Waals surface area contributed by atoms with Gasteiger partial charge in [-0.05, 0) is 66.8 Å². The summed E-state index contributed by atoms with van der Waals surface area (Å²) in [5, 5.41) is 0. The molecule has 5 rings (SSSR count). The summed E-state index contributed by atoms with van der Waals surface area (Å²) < 4.78 is 6.30. The Hall–Kier alpha value is -3.18. The topological polar surface area (TPSA) is 45.7 Å². The van der Waals surface area contributed by atoms with Gasteiger partial charge in [0.25, 0.3) is 5.91 Å². The minimum absolute atomic E-state index is 0.131. The maximum absolute atomic E-state index is 13.1. The predicted octanol–water partition coefficient (Wildman–Crippen LogP) is 5.61. The molecule has 0 N–H and O–H groups in total. The van der Waals surface area contributed by atoms with Gasteiger partial charge < -0.3 is 9.64 Å². The Bertz CT molecular complexity index is 1110. The number of ether oxygens (including phenoxy) is 1. The molecular formula is C31H37N3O2. The summed E-state index contributed by atoms with van der Waals surface area (Å²) in [5.74, 6) is 1.17. The molecule has 2 aliphatic rings. The lowest BCUT2D eigenvalue weighted by atomic mass is 9.73. The number of pyridine rings is 1. The molecule has 5 heteroatoms. The summed E-state index contributed by atoms with van der Waals surface area (Å²) in [6, 6.07) is 22.9. The maximum Gasteiger partial charge on any atom is 0.253 e. The van der Waals surface area contributed by atoms with Crippen LogP contribution in [0.5, 0.6) is 5.75 Å². The summed E-state index contributed by atoms with van der Waals surface area (Å²) >= 11 is 0. The Morgan fingerprint density at radius 3 is 2.42 bits per heavy atom. The molecule has 0 aliphatic carbocycles. The molecule has 0 saturated carbocycles. The van der Waals surface area contributed by atoms with Crippen LogP contribution in [0.25, 0.3) is 0 Å². The molecule has 2 aromatic carbocycles. The molecule has 3 heterocycles. The number of benzene rings is 2. The van der Waals surface area contributed by atoms with Gasteiger partial charge in [0.15, 0.2) is 0 Å². The first-order chi connectivity index (χ1) is 17.7. The van der Waals surface area contributed by atoms with E-state index < -0.39 is 0 Å². The number of nitrogens with zero attached hydrogens (tertiary/aromatic N) is 3. The van der Waals surface area contributed by atoms with Crippen molar-refractivity contribution in [2.45, 2.75) is 45.1 Å². The van der Waals surface area contributed by atoms with Gasteiger partial charge in [-0.3, -0.25) is 14.7 Å². The Balaban J connectivity index is 1.32. The fourth-order valence-electron chi connectivity index (χ4n) is 5.83. The first kappa shape index (κ1) is 24.5. The Morgan fingerprint density at radius 1 is 0.861 bits per heavy atom. The molecule has 5 nitrogen and oxygen atoms in total. The lowest BCUT2D eigenvalue weighted by Crippen LogP contribution is -2.48. The van der Waals surface area contributed by atoms with Crippen LogP contribution in [-0.4, -0.2) is 53.5 Å². The van der Waals surface area contributed by atoms with Crippen molar-refractivity contribution in [2.75, 3.05) is 32.8 Å². The molecule has 0 radical (unpaired) electrons. The second-order valence-corrected chi connectivity index (χ2v) is 10.4. The maximum atomic E-state index is 13.1. The number of amides is 1. The van der Waals surface area contributed by atoms with Crippen LogP contribution in [0, 0.1) is 5.41 Å². The van der Waals surface area contributed by atoms with Gasteiger partial charge in [-0.25, -0.2) is 0 Å². The second kappa shape index (κ2) is 11.7. The number of para-hydroxylation sites is 1. The minimum atomic E-state index is 0.131. The van der Waals surface area contributed by atoms with Crippen molar-refractivity contribution >= 4 is 5.91 Å². The SMILES string of the molecule is O=C(c1ccncc1)N1CCC2(CCCCc3ccccc3OCCN(Cc3ccccc3)C2)CC1. The molecule has 1 fully saturated rings. The summed E-state index contributed by atoms with van der Waals surface area (Å²) in [6.07, 6.45) is 10.1. The second-order valence-electron chi connectivity index (χ2n) is 10.4. The highest BCUT2D eigenvalue weighted by Gasteiger charge is 2.37. The largest absolute Gasteiger partial charge is 0.492 e. The number of piperidine rings is 1. The third kappa shape index (κ3) is 6.14. The van der Waals surface area contributed by atoms with Crippen molar-refractivity contribution in [1.29, 1.82) is 0 Å². The van der Waals surface area contributed by atoms with E-state index in [1.165, 1.54) is 30.4 Å². The van der Waals surface area contributed by atoms with E-state index in [9.17, 15) is 4.79 Å². The average molecular weight is 484 g/mol. The van der Waals surface area contributed by atoms with Gasteiger partial charge in [-0.1, -0.05) is 55.0 Å². The number of carbonyl (C=O) groups is 1. The number of likely N-dealkylation sites (tertiary alicyclic amines) is 1. The van der Waals surface area contributed by atoms with Crippen molar-refractivity contribution in [3.63, 3.8) is 0 Å². The van der Waals surface area contributed by atoms with Crippen LogP contribution >= 0.6 is 0 Å². The highest BCUT2D eigenvalue weighted by molar-refractivity contribution is 5.94. The van der Waals surface area contributed by atoms with Crippen LogP contribution in [-0.2, 0) is 13.0 Å². The van der Waals surface area contributed by atoms with Crippen LogP contribution in [0.3, 0.4) is 0 Å². The number of aryl methyl sites for hydroxylation is 1. The molecule has 1 aromatic heterocycles. The Labute approximate surface area is 215 Å². The quantitative estimate of drug-likeness (QED) is 0.486. The van der Waals surface area contributed by atoms with Gasteiger partial charge in [0.2, 0.25) is 0 Å². The first-order valence-corrected chi connectivity index (χ1v) is 13.4. The number of aromatic nitrogens is 1. The van der Waals surface area contributed by atoms with E-state index in [1.807, 2.05) is 17.0 Å². The molecule has 188 valence electrons. The highest BCUT2D eigenvalue weighted by Crippen LogP contribution is 2.39. The first-order valence-electron chi connectivity index (χ1n) is 13.4. The summed E-state index contributed by atoms with van der Waals surface area (Å²) in [6.45, 7) is 5.19. The minimum Gasteiger partial charge on any atom is -0.492 e. The molecule has 1 saturated heterocycles. The summed E-state index contributed by atoms with van der Waals surface area (Å²) in [7, 11) is 0. The zero-order chi connectivity index (χ0) is 24.6. The highest BCUT2D eigenvalue weighted by atomic mass is 16.5. The Kier molecular flexibility index (Phi) is 7.97. The van der Waals surface area contributed by atoms with Crippen molar-refractivity contribution < 1.29 is 9.53 Å². The molecule has 1 spiro atoms. The average Bonchev–Trinajstić information content (AvgIpc) is 2.92. The lowest BCUT2D eigenvalue weighted by Gasteiger charge is -2.45. The molecule has 0 unspecified atom stereocenters. The van der Waals surface area contributed by atoms with Crippen molar-refractivity contribution in [3.05, 3.63) is 95.8 Å². The molecule has 1 amide bonds. The zero-order valence-electron chi connectivity index (χ0n) is 21.1. The van der Waals surface area contributed by atoms with Gasteiger partial charge in [-0.15, -0.1) is 0 Å². The molecule has 0 bridgehead atoms. The van der Waals surface area contributed by atoms with E-state index in [2.05, 4.69) is 64.5 Å². The lowest BCUT2D eigenvalue weighted by molar-refractivity contribution is 0.0361. The fraction of sp³-hybridized carbons (Fsp3) is 0.419. The van der Waals surface area contributed by atoms with Gasteiger partial charge >= 0.3 is 0 Å². The normalized spacial score (nSPS) is 18.9. The smallest absolute Gasteiger partial charge is 0.253 e. The number of carbonyl (C=O) groups excluding carboxylic acids is 1. The number of fused-ring (bicyclic) bond motifs is 1. The summed E-state index contributed by atoms with van der Waals surface area (Å²) in [4.78, 5) is 21.8. The van der Waals surface area contributed by atoms with Gasteiger partial charge in [-0.2, -0.15) is 0 Å².